The zero-order valence-electron chi connectivity index (χ0n) is 6.79. The van der Waals surface area contributed by atoms with Gasteiger partial charge in [0.15, 0.2) is 6.29 Å². The van der Waals surface area contributed by atoms with Gasteiger partial charge in [0.2, 0.25) is 0 Å². The van der Waals surface area contributed by atoms with E-state index in [1.54, 1.807) is 6.92 Å². The second kappa shape index (κ2) is 3.68. The summed E-state index contributed by atoms with van der Waals surface area (Å²) in [6.45, 7) is 1.75. The summed E-state index contributed by atoms with van der Waals surface area (Å²) < 4.78 is 4.83. The number of hydrogen-bond donors (Lipinski definition) is 4. The third-order valence-electron chi connectivity index (χ3n) is 2.09. The Bertz CT molecular complexity index is 146. The number of aliphatic hydroxyl groups excluding tert-OH is 4. The van der Waals surface area contributed by atoms with Gasteiger partial charge in [-0.1, -0.05) is 6.92 Å². The van der Waals surface area contributed by atoms with Crippen LogP contribution in [0.1, 0.15) is 13.3 Å². The maximum absolute atomic E-state index is 9.28. The third-order valence-corrected chi connectivity index (χ3v) is 2.09. The standard InChI is InChI=1S/C7H14O5/c1-2-3-4(8)5(9)6(10)7(11)12-3/h3-11H,2H2,1H3/t3-,4+,5+,6-,7-/m0/s1. The second-order valence-electron chi connectivity index (χ2n) is 2.95. The monoisotopic (exact) mass is 178 g/mol. The van der Waals surface area contributed by atoms with E-state index in [1.165, 1.54) is 0 Å². The Hall–Kier alpha value is -0.200. The first-order chi connectivity index (χ1) is 5.57. The molecule has 0 amide bonds. The van der Waals surface area contributed by atoms with Crippen LogP contribution in [-0.4, -0.2) is 51.1 Å². The van der Waals surface area contributed by atoms with Crippen molar-refractivity contribution in [1.82, 2.24) is 0 Å². The minimum Gasteiger partial charge on any atom is -0.388 e. The van der Waals surface area contributed by atoms with E-state index < -0.39 is 30.7 Å². The molecule has 72 valence electrons. The zero-order valence-corrected chi connectivity index (χ0v) is 6.79. The molecule has 1 heterocycles. The highest BCUT2D eigenvalue weighted by atomic mass is 16.6. The van der Waals surface area contributed by atoms with Crippen molar-refractivity contribution in [2.75, 3.05) is 0 Å². The quantitative estimate of drug-likeness (QED) is 0.380. The molecule has 0 aromatic carbocycles. The van der Waals surface area contributed by atoms with Crippen LogP contribution in [0.3, 0.4) is 0 Å². The molecule has 0 bridgehead atoms. The molecule has 5 heteroatoms. The Morgan fingerprint density at radius 2 is 1.58 bits per heavy atom. The Balaban J connectivity index is 2.63. The van der Waals surface area contributed by atoms with Gasteiger partial charge < -0.3 is 25.2 Å². The topological polar surface area (TPSA) is 90.2 Å². The van der Waals surface area contributed by atoms with Crippen molar-refractivity contribution < 1.29 is 25.2 Å². The molecule has 5 atom stereocenters. The summed E-state index contributed by atoms with van der Waals surface area (Å²) in [5, 5.41) is 36.5. The third kappa shape index (κ3) is 1.60. The van der Waals surface area contributed by atoms with Crippen molar-refractivity contribution in [1.29, 1.82) is 0 Å². The molecule has 0 saturated carbocycles. The fraction of sp³-hybridized carbons (Fsp3) is 1.00. The molecule has 1 saturated heterocycles. The summed E-state index contributed by atoms with van der Waals surface area (Å²) in [5.41, 5.74) is 0. The summed E-state index contributed by atoms with van der Waals surface area (Å²) in [7, 11) is 0. The van der Waals surface area contributed by atoms with Crippen LogP contribution in [0.15, 0.2) is 0 Å². The van der Waals surface area contributed by atoms with Crippen molar-refractivity contribution >= 4 is 0 Å². The van der Waals surface area contributed by atoms with E-state index in [-0.39, 0.29) is 0 Å². The maximum Gasteiger partial charge on any atom is 0.183 e. The van der Waals surface area contributed by atoms with Crippen molar-refractivity contribution in [2.45, 2.75) is 44.1 Å². The first-order valence-corrected chi connectivity index (χ1v) is 3.95. The van der Waals surface area contributed by atoms with Gasteiger partial charge in [-0.15, -0.1) is 0 Å². The normalized spacial score (nSPS) is 49.2. The lowest BCUT2D eigenvalue weighted by molar-refractivity contribution is -0.281. The number of ether oxygens (including phenoxy) is 1. The van der Waals surface area contributed by atoms with Gasteiger partial charge in [-0.2, -0.15) is 0 Å². The van der Waals surface area contributed by atoms with Gasteiger partial charge in [0.25, 0.3) is 0 Å². The van der Waals surface area contributed by atoms with Crippen LogP contribution in [0.4, 0.5) is 0 Å². The lowest BCUT2D eigenvalue weighted by atomic mass is 9.97. The van der Waals surface area contributed by atoms with Crippen molar-refractivity contribution in [2.24, 2.45) is 0 Å². The minimum atomic E-state index is -1.43. The Labute approximate surface area is 70.2 Å². The molecule has 1 rings (SSSR count). The molecular formula is C7H14O5. The molecule has 1 fully saturated rings. The summed E-state index contributed by atoms with van der Waals surface area (Å²) in [6.07, 6.45) is -5.44. The predicted octanol–water partition coefficient (Wildman–Crippen LogP) is -1.80. The van der Waals surface area contributed by atoms with Gasteiger partial charge >= 0.3 is 0 Å². The van der Waals surface area contributed by atoms with Gasteiger partial charge in [-0.3, -0.25) is 0 Å². The highest BCUT2D eigenvalue weighted by Gasteiger charge is 2.41. The van der Waals surface area contributed by atoms with Gasteiger partial charge in [-0.25, -0.2) is 0 Å². The molecule has 1 aliphatic rings. The SMILES string of the molecule is CC[C@@H]1O[C@H](O)[C@@H](O)[C@H](O)[C@@H]1O. The van der Waals surface area contributed by atoms with Gasteiger partial charge in [-0.05, 0) is 6.42 Å². The van der Waals surface area contributed by atoms with Crippen LogP contribution in [-0.2, 0) is 4.74 Å². The number of rotatable bonds is 1. The molecule has 0 aliphatic carbocycles. The smallest absolute Gasteiger partial charge is 0.183 e. The average Bonchev–Trinajstić information content (AvgIpc) is 2.08. The summed E-state index contributed by atoms with van der Waals surface area (Å²) in [6, 6.07) is 0. The van der Waals surface area contributed by atoms with Crippen LogP contribution in [0, 0.1) is 0 Å². The fourth-order valence-electron chi connectivity index (χ4n) is 1.27. The maximum atomic E-state index is 9.28. The number of aliphatic hydroxyl groups is 4. The predicted molar refractivity (Wildman–Crippen MR) is 39.2 cm³/mol. The average molecular weight is 178 g/mol. The largest absolute Gasteiger partial charge is 0.388 e. The van der Waals surface area contributed by atoms with Crippen LogP contribution >= 0.6 is 0 Å². The van der Waals surface area contributed by atoms with E-state index in [1.807, 2.05) is 0 Å². The Kier molecular flexibility index (Phi) is 3.03. The number of hydrogen-bond acceptors (Lipinski definition) is 5. The zero-order chi connectivity index (χ0) is 9.30. The summed E-state index contributed by atoms with van der Waals surface area (Å²) in [4.78, 5) is 0. The van der Waals surface area contributed by atoms with Crippen molar-refractivity contribution in [3.8, 4) is 0 Å². The van der Waals surface area contributed by atoms with Crippen LogP contribution in [0.5, 0.6) is 0 Å². The molecule has 0 unspecified atom stereocenters. The van der Waals surface area contributed by atoms with Crippen LogP contribution < -0.4 is 0 Å². The Morgan fingerprint density at radius 1 is 1.00 bits per heavy atom. The Morgan fingerprint density at radius 3 is 2.08 bits per heavy atom. The molecule has 4 N–H and O–H groups in total. The fourth-order valence-corrected chi connectivity index (χ4v) is 1.27. The lowest BCUT2D eigenvalue weighted by Crippen LogP contribution is -2.57. The first-order valence-electron chi connectivity index (χ1n) is 3.95. The van der Waals surface area contributed by atoms with Crippen molar-refractivity contribution in [3.63, 3.8) is 0 Å². The summed E-state index contributed by atoms with van der Waals surface area (Å²) >= 11 is 0. The highest BCUT2D eigenvalue weighted by Crippen LogP contribution is 2.21. The van der Waals surface area contributed by atoms with E-state index >= 15 is 0 Å². The molecule has 0 aromatic heterocycles. The van der Waals surface area contributed by atoms with Gasteiger partial charge in [0, 0.05) is 0 Å². The minimum absolute atomic E-state index is 0.474. The van der Waals surface area contributed by atoms with Crippen LogP contribution in [0.25, 0.3) is 0 Å². The molecule has 5 nitrogen and oxygen atoms in total. The van der Waals surface area contributed by atoms with Gasteiger partial charge in [0.05, 0.1) is 6.10 Å². The molecule has 0 radical (unpaired) electrons. The van der Waals surface area contributed by atoms with Crippen LogP contribution in [0.2, 0.25) is 0 Å². The van der Waals surface area contributed by atoms with E-state index in [4.69, 9.17) is 14.9 Å². The highest BCUT2D eigenvalue weighted by molar-refractivity contribution is 4.87. The van der Waals surface area contributed by atoms with Gasteiger partial charge in [0.1, 0.15) is 18.3 Å². The molecule has 0 spiro atoms. The van der Waals surface area contributed by atoms with E-state index in [0.29, 0.717) is 6.42 Å². The second-order valence-corrected chi connectivity index (χ2v) is 2.95. The molecular weight excluding hydrogens is 164 g/mol. The van der Waals surface area contributed by atoms with E-state index in [9.17, 15) is 10.2 Å². The molecule has 12 heavy (non-hydrogen) atoms. The summed E-state index contributed by atoms with van der Waals surface area (Å²) in [5.74, 6) is 0. The van der Waals surface area contributed by atoms with E-state index in [2.05, 4.69) is 0 Å². The van der Waals surface area contributed by atoms with E-state index in [0.717, 1.165) is 0 Å². The lowest BCUT2D eigenvalue weighted by Gasteiger charge is -2.37. The van der Waals surface area contributed by atoms with Crippen molar-refractivity contribution in [3.05, 3.63) is 0 Å². The first kappa shape index (κ1) is 9.88. The molecule has 1 aliphatic heterocycles. The molecule has 0 aromatic rings.